The molecule has 0 amide bonds. The van der Waals surface area contributed by atoms with Crippen molar-refractivity contribution in [1.29, 1.82) is 0 Å². The first-order valence-electron chi connectivity index (χ1n) is 5.62. The van der Waals surface area contributed by atoms with Crippen LogP contribution in [-0.2, 0) is 6.61 Å². The lowest BCUT2D eigenvalue weighted by atomic mass is 10.2. The van der Waals surface area contributed by atoms with Gasteiger partial charge in [0.2, 0.25) is 0 Å². The second-order valence-corrected chi connectivity index (χ2v) is 4.36. The molecule has 18 heavy (non-hydrogen) atoms. The molecule has 0 radical (unpaired) electrons. The highest BCUT2D eigenvalue weighted by Gasteiger charge is 2.05. The van der Waals surface area contributed by atoms with E-state index in [9.17, 15) is 0 Å². The van der Waals surface area contributed by atoms with E-state index in [0.29, 0.717) is 17.4 Å². The maximum absolute atomic E-state index is 6.15. The summed E-state index contributed by atoms with van der Waals surface area (Å²) >= 11 is 6.15. The van der Waals surface area contributed by atoms with E-state index in [1.165, 1.54) is 0 Å². The molecule has 0 aliphatic rings. The number of hydrogen-bond acceptors (Lipinski definition) is 2. The number of nitrogens with zero attached hydrogens (tertiary/aromatic N) is 2. The fraction of sp³-hybridized carbons (Fsp3) is 0.0714. The van der Waals surface area contributed by atoms with Gasteiger partial charge in [-0.3, -0.25) is 0 Å². The standard InChI is InChI=1S/C14H11ClN2O/c15-12-8-14-16-6-7-17(14)9-13(12)18-10-11-4-2-1-3-5-11/h1-9H,10H2. The molecule has 0 saturated carbocycles. The Bertz CT molecular complexity index is 664. The van der Waals surface area contributed by atoms with Crippen molar-refractivity contribution in [2.75, 3.05) is 0 Å². The van der Waals surface area contributed by atoms with E-state index in [4.69, 9.17) is 16.3 Å². The van der Waals surface area contributed by atoms with Crippen LogP contribution in [0.25, 0.3) is 5.65 Å². The van der Waals surface area contributed by atoms with Crippen LogP contribution in [0.4, 0.5) is 0 Å². The molecule has 0 aliphatic heterocycles. The van der Waals surface area contributed by atoms with E-state index in [0.717, 1.165) is 11.2 Å². The van der Waals surface area contributed by atoms with E-state index in [-0.39, 0.29) is 0 Å². The highest BCUT2D eigenvalue weighted by Crippen LogP contribution is 2.26. The summed E-state index contributed by atoms with van der Waals surface area (Å²) in [4.78, 5) is 4.16. The summed E-state index contributed by atoms with van der Waals surface area (Å²) in [5.41, 5.74) is 1.92. The molecular formula is C14H11ClN2O. The van der Waals surface area contributed by atoms with Crippen LogP contribution in [0.1, 0.15) is 5.56 Å². The fourth-order valence-electron chi connectivity index (χ4n) is 1.76. The first-order chi connectivity index (χ1) is 8.83. The lowest BCUT2D eigenvalue weighted by Gasteiger charge is -2.08. The minimum absolute atomic E-state index is 0.501. The molecule has 2 aromatic heterocycles. The Morgan fingerprint density at radius 2 is 2.06 bits per heavy atom. The Hall–Kier alpha value is -2.00. The zero-order chi connectivity index (χ0) is 12.4. The maximum Gasteiger partial charge on any atom is 0.155 e. The fourth-order valence-corrected chi connectivity index (χ4v) is 1.96. The molecule has 0 unspecified atom stereocenters. The minimum atomic E-state index is 0.501. The van der Waals surface area contributed by atoms with Gasteiger partial charge in [-0.1, -0.05) is 41.9 Å². The van der Waals surface area contributed by atoms with Crippen LogP contribution in [0.2, 0.25) is 5.02 Å². The molecule has 0 aliphatic carbocycles. The second-order valence-electron chi connectivity index (χ2n) is 3.95. The van der Waals surface area contributed by atoms with Crippen molar-refractivity contribution >= 4 is 17.2 Å². The SMILES string of the molecule is Clc1cc2nccn2cc1OCc1ccccc1. The van der Waals surface area contributed by atoms with Gasteiger partial charge in [0.15, 0.2) is 5.75 Å². The Kier molecular flexibility index (Phi) is 2.90. The van der Waals surface area contributed by atoms with E-state index in [2.05, 4.69) is 4.98 Å². The number of aromatic nitrogens is 2. The zero-order valence-corrected chi connectivity index (χ0v) is 10.3. The summed E-state index contributed by atoms with van der Waals surface area (Å²) < 4.78 is 7.60. The second kappa shape index (κ2) is 4.70. The topological polar surface area (TPSA) is 26.5 Å². The molecule has 0 atom stereocenters. The molecule has 90 valence electrons. The number of rotatable bonds is 3. The molecule has 0 saturated heterocycles. The Morgan fingerprint density at radius 3 is 2.89 bits per heavy atom. The smallest absolute Gasteiger partial charge is 0.155 e. The highest BCUT2D eigenvalue weighted by atomic mass is 35.5. The van der Waals surface area contributed by atoms with Gasteiger partial charge in [0.25, 0.3) is 0 Å². The van der Waals surface area contributed by atoms with Gasteiger partial charge in [-0.15, -0.1) is 0 Å². The normalized spacial score (nSPS) is 10.7. The average molecular weight is 259 g/mol. The van der Waals surface area contributed by atoms with Gasteiger partial charge in [0.05, 0.1) is 11.2 Å². The van der Waals surface area contributed by atoms with Crippen LogP contribution >= 0.6 is 11.6 Å². The van der Waals surface area contributed by atoms with Gasteiger partial charge in [0.1, 0.15) is 12.3 Å². The van der Waals surface area contributed by atoms with Gasteiger partial charge >= 0.3 is 0 Å². The van der Waals surface area contributed by atoms with Crippen molar-refractivity contribution in [3.05, 3.63) is 65.6 Å². The summed E-state index contributed by atoms with van der Waals surface area (Å²) in [6.45, 7) is 0.501. The molecule has 3 nitrogen and oxygen atoms in total. The lowest BCUT2D eigenvalue weighted by molar-refractivity contribution is 0.305. The van der Waals surface area contributed by atoms with E-state index >= 15 is 0 Å². The number of ether oxygens (including phenoxy) is 1. The first kappa shape index (κ1) is 11.1. The molecule has 2 heterocycles. The first-order valence-corrected chi connectivity index (χ1v) is 6.00. The Labute approximate surface area is 110 Å². The van der Waals surface area contributed by atoms with Crippen LogP contribution in [0, 0.1) is 0 Å². The van der Waals surface area contributed by atoms with Crippen LogP contribution in [0.5, 0.6) is 5.75 Å². The van der Waals surface area contributed by atoms with Crippen molar-refractivity contribution in [3.8, 4) is 5.75 Å². The summed E-state index contributed by atoms with van der Waals surface area (Å²) in [5, 5.41) is 0.574. The number of halogens is 1. The van der Waals surface area contributed by atoms with Crippen molar-refractivity contribution in [2.45, 2.75) is 6.61 Å². The summed E-state index contributed by atoms with van der Waals surface area (Å²) in [7, 11) is 0. The quantitative estimate of drug-likeness (QED) is 0.718. The summed E-state index contributed by atoms with van der Waals surface area (Å²) in [5.74, 6) is 0.658. The summed E-state index contributed by atoms with van der Waals surface area (Å²) in [6, 6.07) is 11.8. The number of pyridine rings is 1. The Morgan fingerprint density at radius 1 is 1.22 bits per heavy atom. The van der Waals surface area contributed by atoms with E-state index in [1.807, 2.05) is 47.1 Å². The molecule has 0 spiro atoms. The van der Waals surface area contributed by atoms with Crippen molar-refractivity contribution in [2.24, 2.45) is 0 Å². The van der Waals surface area contributed by atoms with E-state index < -0.39 is 0 Å². The number of imidazole rings is 1. The molecule has 1 aromatic carbocycles. The van der Waals surface area contributed by atoms with Crippen LogP contribution in [-0.4, -0.2) is 9.38 Å². The van der Waals surface area contributed by atoms with Crippen LogP contribution in [0.3, 0.4) is 0 Å². The molecule has 3 aromatic rings. The predicted molar refractivity (Wildman–Crippen MR) is 71.0 cm³/mol. The monoisotopic (exact) mass is 258 g/mol. The van der Waals surface area contributed by atoms with Gasteiger partial charge in [0, 0.05) is 18.5 Å². The molecule has 0 N–H and O–H groups in total. The third-order valence-corrected chi connectivity index (χ3v) is 2.98. The van der Waals surface area contributed by atoms with Crippen molar-refractivity contribution in [1.82, 2.24) is 9.38 Å². The van der Waals surface area contributed by atoms with Gasteiger partial charge < -0.3 is 9.14 Å². The third kappa shape index (κ3) is 2.17. The molecule has 0 fully saturated rings. The molecule has 0 bridgehead atoms. The number of fused-ring (bicyclic) bond motifs is 1. The minimum Gasteiger partial charge on any atom is -0.486 e. The van der Waals surface area contributed by atoms with Gasteiger partial charge in [-0.05, 0) is 5.56 Å². The number of hydrogen-bond donors (Lipinski definition) is 0. The Balaban J connectivity index is 1.84. The predicted octanol–water partition coefficient (Wildman–Crippen LogP) is 3.57. The summed E-state index contributed by atoms with van der Waals surface area (Å²) in [6.07, 6.45) is 5.43. The highest BCUT2D eigenvalue weighted by molar-refractivity contribution is 6.32. The maximum atomic E-state index is 6.15. The third-order valence-electron chi connectivity index (χ3n) is 2.68. The zero-order valence-electron chi connectivity index (χ0n) is 9.58. The van der Waals surface area contributed by atoms with Crippen molar-refractivity contribution in [3.63, 3.8) is 0 Å². The van der Waals surface area contributed by atoms with Crippen LogP contribution < -0.4 is 4.74 Å². The van der Waals surface area contributed by atoms with E-state index in [1.54, 1.807) is 12.3 Å². The number of benzene rings is 1. The van der Waals surface area contributed by atoms with Crippen LogP contribution in [0.15, 0.2) is 55.0 Å². The van der Waals surface area contributed by atoms with Crippen molar-refractivity contribution < 1.29 is 4.74 Å². The average Bonchev–Trinajstić information content (AvgIpc) is 2.84. The molecular weight excluding hydrogens is 248 g/mol. The largest absolute Gasteiger partial charge is 0.486 e. The van der Waals surface area contributed by atoms with Gasteiger partial charge in [-0.2, -0.15) is 0 Å². The lowest BCUT2D eigenvalue weighted by Crippen LogP contribution is -1.97. The molecule has 3 rings (SSSR count). The van der Waals surface area contributed by atoms with Gasteiger partial charge in [-0.25, -0.2) is 4.98 Å². The molecule has 4 heteroatoms.